The third kappa shape index (κ3) is 4.36. The van der Waals surface area contributed by atoms with Crippen LogP contribution in [0.15, 0.2) is 79.9 Å². The number of carbonyl (C=O) groups excluding carboxylic acids is 3. The second kappa shape index (κ2) is 11.0. The molecule has 3 aliphatic heterocycles. The van der Waals surface area contributed by atoms with E-state index in [9.17, 15) is 19.5 Å². The van der Waals surface area contributed by atoms with Crippen LogP contribution in [0.2, 0.25) is 5.02 Å². The van der Waals surface area contributed by atoms with Gasteiger partial charge in [0.1, 0.15) is 11.6 Å². The van der Waals surface area contributed by atoms with Gasteiger partial charge in [-0.3, -0.25) is 14.4 Å². The Morgan fingerprint density at radius 2 is 1.72 bits per heavy atom. The molecule has 8 nitrogen and oxygen atoms in total. The number of aliphatic hydroxyl groups excluding tert-OH is 1. The average Bonchev–Trinajstić information content (AvgIpc) is 3.58. The molecule has 0 saturated carbocycles. The molecule has 0 aromatic heterocycles. The molecule has 5 atom stereocenters. The molecule has 3 amide bonds. The summed E-state index contributed by atoms with van der Waals surface area (Å²) in [7, 11) is 0. The second-order valence-electron chi connectivity index (χ2n) is 10.1. The zero-order valence-electron chi connectivity index (χ0n) is 21.6. The predicted molar refractivity (Wildman–Crippen MR) is 149 cm³/mol. The smallest absolute Gasteiger partial charge is 0.253 e. The van der Waals surface area contributed by atoms with Crippen molar-refractivity contribution in [1.29, 1.82) is 0 Å². The Hall–Kier alpha value is -3.46. The molecule has 1 spiro atoms. The first-order valence-corrected chi connectivity index (χ1v) is 13.5. The van der Waals surface area contributed by atoms with Crippen molar-refractivity contribution in [1.82, 2.24) is 4.90 Å². The van der Waals surface area contributed by atoms with E-state index in [0.717, 1.165) is 0 Å². The number of amides is 3. The normalized spacial score (nSPS) is 26.8. The van der Waals surface area contributed by atoms with Crippen molar-refractivity contribution >= 4 is 40.7 Å². The molecular formula is C30H32ClN3O5. The van der Waals surface area contributed by atoms with E-state index in [1.54, 1.807) is 41.3 Å². The summed E-state index contributed by atoms with van der Waals surface area (Å²) in [6.07, 6.45) is 3.74. The second-order valence-corrected chi connectivity index (χ2v) is 10.5. The molecule has 3 saturated heterocycles. The monoisotopic (exact) mass is 549 g/mol. The van der Waals surface area contributed by atoms with Gasteiger partial charge in [0.2, 0.25) is 11.8 Å². The first-order valence-electron chi connectivity index (χ1n) is 13.1. The third-order valence-electron chi connectivity index (χ3n) is 8.03. The fourth-order valence-corrected chi connectivity index (χ4v) is 6.79. The lowest BCUT2D eigenvalue weighted by atomic mass is 9.70. The summed E-state index contributed by atoms with van der Waals surface area (Å²) in [5, 5.41) is 10.3. The lowest BCUT2D eigenvalue weighted by molar-refractivity contribution is -0.141. The van der Waals surface area contributed by atoms with Crippen LogP contribution >= 0.6 is 11.6 Å². The van der Waals surface area contributed by atoms with Crippen molar-refractivity contribution in [3.8, 4) is 0 Å². The summed E-state index contributed by atoms with van der Waals surface area (Å²) in [6, 6.07) is 15.2. The number of para-hydroxylation sites is 2. The molecule has 2 aromatic rings. The number of hydrogen-bond donors (Lipinski definition) is 1. The van der Waals surface area contributed by atoms with Crippen molar-refractivity contribution < 1.29 is 24.2 Å². The van der Waals surface area contributed by atoms with Crippen LogP contribution in [0.25, 0.3) is 0 Å². The number of rotatable bonds is 10. The number of aliphatic hydroxyl groups is 1. The van der Waals surface area contributed by atoms with Crippen LogP contribution < -0.4 is 9.80 Å². The van der Waals surface area contributed by atoms with Gasteiger partial charge >= 0.3 is 0 Å². The number of likely N-dealkylation sites (tertiary alicyclic amines) is 1. The molecule has 2 aromatic carbocycles. The number of carbonyl (C=O) groups is 3. The van der Waals surface area contributed by atoms with Crippen LogP contribution in [0.3, 0.4) is 0 Å². The standard InChI is InChI=1S/C30H32ClN3O5/c1-3-16-32(20-10-6-5-7-11-20)27(36)24-23-14-15-30(39-23)25(24)28(37)34(18-19-35)26(30)29(38)33(17-4-2)22-13-9-8-12-21(22)31/h3-13,23-26,35H,1-2,14-19H2/t23-,24+,25-,26?,30?/m0/s1. The third-order valence-corrected chi connectivity index (χ3v) is 8.35. The minimum absolute atomic E-state index is 0.0536. The Morgan fingerprint density at radius 1 is 1.05 bits per heavy atom. The molecular weight excluding hydrogens is 518 g/mol. The van der Waals surface area contributed by atoms with Crippen molar-refractivity contribution in [3.05, 3.63) is 84.9 Å². The van der Waals surface area contributed by atoms with Crippen molar-refractivity contribution in [2.45, 2.75) is 30.6 Å². The molecule has 3 heterocycles. The molecule has 3 fully saturated rings. The molecule has 2 bridgehead atoms. The SMILES string of the molecule is C=CCN(C(=O)[C@@H]1[C@@H]2CCC3(O2)C(C(=O)N(CC=C)c2ccccc2Cl)N(CCO)C(=O)[C@H]13)c1ccccc1. The van der Waals surface area contributed by atoms with Gasteiger partial charge < -0.3 is 24.5 Å². The van der Waals surface area contributed by atoms with Crippen molar-refractivity contribution in [2.24, 2.45) is 11.8 Å². The van der Waals surface area contributed by atoms with Crippen molar-refractivity contribution in [2.75, 3.05) is 36.0 Å². The van der Waals surface area contributed by atoms with E-state index in [1.165, 1.54) is 9.80 Å². The van der Waals surface area contributed by atoms with Gasteiger partial charge in [0.25, 0.3) is 5.91 Å². The Morgan fingerprint density at radius 3 is 2.38 bits per heavy atom. The molecule has 39 heavy (non-hydrogen) atoms. The summed E-state index contributed by atoms with van der Waals surface area (Å²) in [5.74, 6) is -2.59. The fourth-order valence-electron chi connectivity index (χ4n) is 6.56. The first-order chi connectivity index (χ1) is 18.9. The molecule has 0 aliphatic carbocycles. The first kappa shape index (κ1) is 27.1. The molecule has 5 rings (SSSR count). The van der Waals surface area contributed by atoms with Crippen LogP contribution in [-0.2, 0) is 19.1 Å². The van der Waals surface area contributed by atoms with Gasteiger partial charge in [-0.1, -0.05) is 54.1 Å². The van der Waals surface area contributed by atoms with E-state index in [2.05, 4.69) is 13.2 Å². The Bertz CT molecular complexity index is 1290. The largest absolute Gasteiger partial charge is 0.395 e. The Balaban J connectivity index is 1.55. The minimum atomic E-state index is -1.19. The zero-order chi connectivity index (χ0) is 27.7. The quantitative estimate of drug-likeness (QED) is 0.459. The highest BCUT2D eigenvalue weighted by Crippen LogP contribution is 2.59. The summed E-state index contributed by atoms with van der Waals surface area (Å²) in [6.45, 7) is 7.65. The molecule has 0 radical (unpaired) electrons. The summed E-state index contributed by atoms with van der Waals surface area (Å²) < 4.78 is 6.53. The number of benzene rings is 2. The molecule has 1 N–H and O–H groups in total. The molecule has 204 valence electrons. The van der Waals surface area contributed by atoms with Crippen LogP contribution in [0.5, 0.6) is 0 Å². The molecule has 3 aliphatic rings. The number of nitrogens with zero attached hydrogens (tertiary/aromatic N) is 3. The number of anilines is 2. The highest BCUT2D eigenvalue weighted by Gasteiger charge is 2.75. The lowest BCUT2D eigenvalue weighted by Gasteiger charge is -2.37. The van der Waals surface area contributed by atoms with Gasteiger partial charge in [-0.25, -0.2) is 0 Å². The van der Waals surface area contributed by atoms with Gasteiger partial charge in [0.15, 0.2) is 0 Å². The summed E-state index contributed by atoms with van der Waals surface area (Å²) >= 11 is 6.47. The maximum Gasteiger partial charge on any atom is 0.253 e. The van der Waals surface area contributed by atoms with E-state index >= 15 is 0 Å². The van der Waals surface area contributed by atoms with E-state index in [0.29, 0.717) is 29.2 Å². The van der Waals surface area contributed by atoms with E-state index in [-0.39, 0.29) is 44.0 Å². The topological polar surface area (TPSA) is 90.4 Å². The highest BCUT2D eigenvalue weighted by atomic mass is 35.5. The number of β-amino-alcohol motifs (C(OH)–C–C–N with tert-alkyl or cyclic N) is 1. The number of hydrogen-bond acceptors (Lipinski definition) is 5. The van der Waals surface area contributed by atoms with Gasteiger partial charge in [-0.15, -0.1) is 13.2 Å². The van der Waals surface area contributed by atoms with Gasteiger partial charge in [-0.05, 0) is 37.1 Å². The Labute approximate surface area is 233 Å². The fraction of sp³-hybridized carbons (Fsp3) is 0.367. The molecule has 2 unspecified atom stereocenters. The van der Waals surface area contributed by atoms with Crippen LogP contribution in [0.4, 0.5) is 11.4 Å². The Kier molecular flexibility index (Phi) is 7.62. The summed E-state index contributed by atoms with van der Waals surface area (Å²) in [5.41, 5.74) is -0.00644. The number of fused-ring (bicyclic) bond motifs is 1. The zero-order valence-corrected chi connectivity index (χ0v) is 22.4. The molecule has 9 heteroatoms. The van der Waals surface area contributed by atoms with Crippen LogP contribution in [-0.4, -0.2) is 71.7 Å². The van der Waals surface area contributed by atoms with Gasteiger partial charge in [-0.2, -0.15) is 0 Å². The van der Waals surface area contributed by atoms with Crippen LogP contribution in [0.1, 0.15) is 12.8 Å². The number of halogens is 1. The summed E-state index contributed by atoms with van der Waals surface area (Å²) in [4.78, 5) is 47.0. The van der Waals surface area contributed by atoms with Crippen LogP contribution in [0, 0.1) is 11.8 Å². The number of ether oxygens (including phenoxy) is 1. The predicted octanol–water partition coefficient (Wildman–Crippen LogP) is 3.45. The minimum Gasteiger partial charge on any atom is -0.395 e. The highest BCUT2D eigenvalue weighted by molar-refractivity contribution is 6.34. The maximum absolute atomic E-state index is 14.3. The lowest BCUT2D eigenvalue weighted by Crippen LogP contribution is -2.57. The average molecular weight is 550 g/mol. The van der Waals surface area contributed by atoms with E-state index < -0.39 is 29.6 Å². The van der Waals surface area contributed by atoms with Gasteiger partial charge in [0, 0.05) is 25.3 Å². The van der Waals surface area contributed by atoms with E-state index in [4.69, 9.17) is 16.3 Å². The maximum atomic E-state index is 14.3. The van der Waals surface area contributed by atoms with Gasteiger partial charge in [0.05, 0.1) is 35.3 Å². The van der Waals surface area contributed by atoms with E-state index in [1.807, 2.05) is 30.3 Å². The van der Waals surface area contributed by atoms with Crippen molar-refractivity contribution in [3.63, 3.8) is 0 Å².